The average Bonchev–Trinajstić information content (AvgIpc) is 3.50. The molecule has 3 aromatic rings. The molecule has 4 rings (SSSR count). The van der Waals surface area contributed by atoms with E-state index in [0.29, 0.717) is 17.3 Å². The zero-order valence-electron chi connectivity index (χ0n) is 18.4. The molecule has 0 spiro atoms. The van der Waals surface area contributed by atoms with Crippen molar-refractivity contribution in [2.24, 2.45) is 0 Å². The van der Waals surface area contributed by atoms with Crippen LogP contribution in [0.25, 0.3) is 11.4 Å². The summed E-state index contributed by atoms with van der Waals surface area (Å²) in [6.07, 6.45) is 2.24. The number of nitrogens with zero attached hydrogens (tertiary/aromatic N) is 3. The van der Waals surface area contributed by atoms with Crippen molar-refractivity contribution >= 4 is 17.4 Å². The van der Waals surface area contributed by atoms with Gasteiger partial charge in [-0.2, -0.15) is 0 Å². The zero-order chi connectivity index (χ0) is 22.3. The van der Waals surface area contributed by atoms with Crippen LogP contribution in [0.3, 0.4) is 0 Å². The van der Waals surface area contributed by atoms with E-state index in [2.05, 4.69) is 31.1 Å². The van der Waals surface area contributed by atoms with E-state index in [9.17, 15) is 9.59 Å². The van der Waals surface area contributed by atoms with Crippen LogP contribution in [-0.4, -0.2) is 20.1 Å². The van der Waals surface area contributed by atoms with Gasteiger partial charge in [0.15, 0.2) is 11.6 Å². The number of aryl methyl sites for hydroxylation is 1. The molecule has 0 bridgehead atoms. The monoisotopic (exact) mass is 437 g/mol. The van der Waals surface area contributed by atoms with Crippen LogP contribution in [-0.2, 0) is 10.2 Å². The van der Waals surface area contributed by atoms with Crippen molar-refractivity contribution in [2.75, 3.05) is 0 Å². The number of halogens is 1. The zero-order valence-corrected chi connectivity index (χ0v) is 19.2. The third kappa shape index (κ3) is 4.38. The minimum Gasteiger partial charge on any atom is -0.297 e. The van der Waals surface area contributed by atoms with Crippen molar-refractivity contribution in [3.63, 3.8) is 0 Å². The van der Waals surface area contributed by atoms with Gasteiger partial charge < -0.3 is 0 Å². The second-order valence-electron chi connectivity index (χ2n) is 9.23. The van der Waals surface area contributed by atoms with E-state index in [4.69, 9.17) is 11.6 Å². The Morgan fingerprint density at radius 2 is 1.87 bits per heavy atom. The van der Waals surface area contributed by atoms with Gasteiger partial charge in [-0.3, -0.25) is 9.36 Å². The van der Waals surface area contributed by atoms with E-state index < -0.39 is 6.04 Å². The van der Waals surface area contributed by atoms with Gasteiger partial charge in [0.1, 0.15) is 6.04 Å². The highest BCUT2D eigenvalue weighted by Crippen LogP contribution is 2.37. The molecule has 1 fully saturated rings. The van der Waals surface area contributed by atoms with Crippen LogP contribution in [0.2, 0.25) is 5.02 Å². The van der Waals surface area contributed by atoms with Crippen molar-refractivity contribution in [1.82, 2.24) is 14.3 Å². The average molecular weight is 438 g/mol. The molecule has 162 valence electrons. The molecule has 6 heteroatoms. The Bertz CT molecular complexity index is 1170. The molecule has 1 aliphatic rings. The van der Waals surface area contributed by atoms with Gasteiger partial charge in [-0.1, -0.05) is 55.3 Å². The smallest absolute Gasteiger partial charge is 0.297 e. The van der Waals surface area contributed by atoms with Crippen LogP contribution in [0.15, 0.2) is 53.3 Å². The van der Waals surface area contributed by atoms with Gasteiger partial charge in [-0.05, 0) is 61.9 Å². The van der Waals surface area contributed by atoms with E-state index in [1.54, 1.807) is 23.6 Å². The number of hydrogen-bond donors (Lipinski definition) is 0. The summed E-state index contributed by atoms with van der Waals surface area (Å²) >= 11 is 6.03. The van der Waals surface area contributed by atoms with Crippen molar-refractivity contribution in [3.05, 3.63) is 75.2 Å². The fourth-order valence-electron chi connectivity index (χ4n) is 3.99. The summed E-state index contributed by atoms with van der Waals surface area (Å²) in [4.78, 5) is 26.5. The van der Waals surface area contributed by atoms with E-state index >= 15 is 0 Å². The minimum absolute atomic E-state index is 0.00305. The van der Waals surface area contributed by atoms with Gasteiger partial charge >= 0.3 is 5.69 Å². The first-order chi connectivity index (χ1) is 14.7. The maximum Gasteiger partial charge on any atom is 0.347 e. The summed E-state index contributed by atoms with van der Waals surface area (Å²) in [6, 6.07) is 15.0. The molecule has 5 nitrogen and oxygen atoms in total. The number of carbonyl (C=O) groups excluding carboxylic acids is 1. The van der Waals surface area contributed by atoms with Crippen molar-refractivity contribution in [1.29, 1.82) is 0 Å². The van der Waals surface area contributed by atoms with Gasteiger partial charge in [0, 0.05) is 23.0 Å². The second-order valence-corrected chi connectivity index (χ2v) is 9.67. The Morgan fingerprint density at radius 1 is 1.19 bits per heavy atom. The van der Waals surface area contributed by atoms with Crippen LogP contribution < -0.4 is 5.69 Å². The molecule has 0 saturated heterocycles. The molecule has 1 unspecified atom stereocenters. The van der Waals surface area contributed by atoms with E-state index in [-0.39, 0.29) is 22.9 Å². The van der Waals surface area contributed by atoms with Gasteiger partial charge in [0.2, 0.25) is 0 Å². The Labute approximate surface area is 187 Å². The van der Waals surface area contributed by atoms with Crippen LogP contribution >= 0.6 is 11.6 Å². The fraction of sp³-hybridized carbons (Fsp3) is 0.400. The molecule has 1 heterocycles. The summed E-state index contributed by atoms with van der Waals surface area (Å²) < 4.78 is 3.09. The highest BCUT2D eigenvalue weighted by Gasteiger charge is 2.34. The summed E-state index contributed by atoms with van der Waals surface area (Å²) in [5.74, 6) is 0.596. The first-order valence-corrected chi connectivity index (χ1v) is 11.1. The quantitative estimate of drug-likeness (QED) is 0.490. The van der Waals surface area contributed by atoms with Crippen molar-refractivity contribution < 1.29 is 4.79 Å². The maximum atomic E-state index is 13.2. The standard InChI is InChI=1S/C25H28ClN3O2/c1-16-6-5-7-19(14-16)25(3,4)15-22(30)17(2)29-24(31)28(21-12-13-21)23(27-29)18-8-10-20(26)11-9-18/h5-11,14,17,21H,12-13,15H2,1-4H3. The van der Waals surface area contributed by atoms with Gasteiger partial charge in [-0.15, -0.1) is 5.10 Å². The van der Waals surface area contributed by atoms with E-state index in [1.807, 2.05) is 31.2 Å². The van der Waals surface area contributed by atoms with Crippen LogP contribution in [0, 0.1) is 6.92 Å². The molecule has 1 atom stereocenters. The van der Waals surface area contributed by atoms with Crippen molar-refractivity contribution in [2.45, 2.75) is 64.5 Å². The summed E-state index contributed by atoms with van der Waals surface area (Å²) in [5.41, 5.74) is 2.55. The lowest BCUT2D eigenvalue weighted by molar-refractivity contribution is -0.123. The first-order valence-electron chi connectivity index (χ1n) is 10.7. The third-order valence-electron chi connectivity index (χ3n) is 6.10. The second kappa shape index (κ2) is 8.12. The highest BCUT2D eigenvalue weighted by atomic mass is 35.5. The minimum atomic E-state index is -0.636. The molecule has 2 aromatic carbocycles. The number of benzene rings is 2. The molecule has 1 aromatic heterocycles. The summed E-state index contributed by atoms with van der Waals surface area (Å²) in [6.45, 7) is 7.95. The third-order valence-corrected chi connectivity index (χ3v) is 6.35. The van der Waals surface area contributed by atoms with Crippen LogP contribution in [0.4, 0.5) is 0 Å². The Hall–Kier alpha value is -2.66. The first kappa shape index (κ1) is 21.6. The van der Waals surface area contributed by atoms with Crippen molar-refractivity contribution in [3.8, 4) is 11.4 Å². The lowest BCUT2D eigenvalue weighted by Gasteiger charge is -2.26. The molecule has 0 aliphatic heterocycles. The maximum absolute atomic E-state index is 13.2. The Kier molecular flexibility index (Phi) is 5.65. The van der Waals surface area contributed by atoms with Gasteiger partial charge in [0.05, 0.1) is 0 Å². The Morgan fingerprint density at radius 3 is 2.48 bits per heavy atom. The van der Waals surface area contributed by atoms with Crippen LogP contribution in [0.5, 0.6) is 0 Å². The predicted octanol–water partition coefficient (Wildman–Crippen LogP) is 5.51. The number of aromatic nitrogens is 3. The molecule has 0 N–H and O–H groups in total. The molecular weight excluding hydrogens is 410 g/mol. The van der Waals surface area contributed by atoms with Gasteiger partial charge in [0.25, 0.3) is 0 Å². The number of ketones is 1. The topological polar surface area (TPSA) is 56.9 Å². The van der Waals surface area contributed by atoms with E-state index in [0.717, 1.165) is 29.5 Å². The van der Waals surface area contributed by atoms with Crippen LogP contribution in [0.1, 0.15) is 63.2 Å². The number of hydrogen-bond acceptors (Lipinski definition) is 3. The largest absolute Gasteiger partial charge is 0.347 e. The molecule has 0 amide bonds. The lowest BCUT2D eigenvalue weighted by atomic mass is 9.79. The molecule has 1 saturated carbocycles. The number of rotatable bonds is 7. The summed E-state index contributed by atoms with van der Waals surface area (Å²) in [7, 11) is 0. The van der Waals surface area contributed by atoms with Gasteiger partial charge in [-0.25, -0.2) is 9.48 Å². The number of Topliss-reactive ketones (excluding diaryl/α,β-unsaturated/α-hetero) is 1. The number of carbonyl (C=O) groups is 1. The SMILES string of the molecule is Cc1cccc(C(C)(C)CC(=O)C(C)n2nc(-c3ccc(Cl)cc3)n(C3CC3)c2=O)c1. The van der Waals surface area contributed by atoms with E-state index in [1.165, 1.54) is 4.68 Å². The summed E-state index contributed by atoms with van der Waals surface area (Å²) in [5, 5.41) is 5.24. The molecule has 1 aliphatic carbocycles. The predicted molar refractivity (Wildman–Crippen MR) is 124 cm³/mol. The lowest BCUT2D eigenvalue weighted by Crippen LogP contribution is -2.33. The highest BCUT2D eigenvalue weighted by molar-refractivity contribution is 6.30. The molecule has 0 radical (unpaired) electrons. The molecule has 31 heavy (non-hydrogen) atoms. The Balaban J connectivity index is 1.64. The fourth-order valence-corrected chi connectivity index (χ4v) is 4.12. The normalized spacial score (nSPS) is 15.1. The molecular formula is C25H28ClN3O2.